The molecule has 1 aromatic rings. The van der Waals surface area contributed by atoms with Crippen LogP contribution < -0.4 is 5.32 Å². The Bertz CT molecular complexity index is 446. The molecule has 2 rings (SSSR count). The lowest BCUT2D eigenvalue weighted by Crippen LogP contribution is -2.39. The van der Waals surface area contributed by atoms with E-state index in [2.05, 4.69) is 36.5 Å². The Morgan fingerprint density at radius 1 is 1.50 bits per heavy atom. The molecule has 0 radical (unpaired) electrons. The third kappa shape index (κ3) is 5.17. The minimum Gasteiger partial charge on any atom is -0.465 e. The molecule has 1 aliphatic rings. The van der Waals surface area contributed by atoms with Gasteiger partial charge in [0.25, 0.3) is 0 Å². The molecule has 20 heavy (non-hydrogen) atoms. The first-order chi connectivity index (χ1) is 9.69. The molecular formula is C16H23NO2S. The second kappa shape index (κ2) is 7.70. The molecule has 1 unspecified atom stereocenters. The van der Waals surface area contributed by atoms with E-state index < -0.39 is 0 Å². The van der Waals surface area contributed by atoms with Crippen LogP contribution >= 0.6 is 11.8 Å². The molecule has 4 heteroatoms. The summed E-state index contributed by atoms with van der Waals surface area (Å²) < 4.78 is 5.14. The summed E-state index contributed by atoms with van der Waals surface area (Å²) in [6.45, 7) is 4.40. The zero-order valence-electron chi connectivity index (χ0n) is 12.2. The minimum atomic E-state index is -0.153. The van der Waals surface area contributed by atoms with Gasteiger partial charge in [-0.25, -0.2) is 0 Å². The van der Waals surface area contributed by atoms with E-state index in [1.165, 1.54) is 23.3 Å². The van der Waals surface area contributed by atoms with E-state index >= 15 is 0 Å². The monoisotopic (exact) mass is 293 g/mol. The van der Waals surface area contributed by atoms with Crippen molar-refractivity contribution in [2.24, 2.45) is 0 Å². The van der Waals surface area contributed by atoms with Crippen molar-refractivity contribution in [3.63, 3.8) is 0 Å². The molecular weight excluding hydrogens is 270 g/mol. The number of carbonyl (C=O) groups is 1. The van der Waals surface area contributed by atoms with Crippen LogP contribution in [0.1, 0.15) is 31.7 Å². The molecule has 0 bridgehead atoms. The van der Waals surface area contributed by atoms with Gasteiger partial charge in [0.15, 0.2) is 0 Å². The van der Waals surface area contributed by atoms with Crippen LogP contribution in [0.5, 0.6) is 0 Å². The summed E-state index contributed by atoms with van der Waals surface area (Å²) in [6.07, 6.45) is 3.18. The average Bonchev–Trinajstić information content (AvgIpc) is 3.22. The van der Waals surface area contributed by atoms with Gasteiger partial charge in [0.05, 0.1) is 6.61 Å². The smallest absolute Gasteiger partial charge is 0.323 e. The number of benzene rings is 1. The van der Waals surface area contributed by atoms with Crippen molar-refractivity contribution in [3.8, 4) is 0 Å². The number of rotatable bonds is 8. The second-order valence-corrected chi connectivity index (χ2v) is 6.37. The predicted molar refractivity (Wildman–Crippen MR) is 83.1 cm³/mol. The molecule has 3 nitrogen and oxygen atoms in total. The zero-order valence-corrected chi connectivity index (χ0v) is 13.0. The van der Waals surface area contributed by atoms with Gasteiger partial charge >= 0.3 is 5.97 Å². The van der Waals surface area contributed by atoms with Crippen LogP contribution in [0, 0.1) is 6.92 Å². The lowest BCUT2D eigenvalue weighted by atomic mass is 10.2. The number of thioether (sulfide) groups is 1. The highest BCUT2D eigenvalue weighted by Gasteiger charge is 2.28. The highest BCUT2D eigenvalue weighted by atomic mass is 32.2. The summed E-state index contributed by atoms with van der Waals surface area (Å²) in [7, 11) is 0. The van der Waals surface area contributed by atoms with E-state index in [0.29, 0.717) is 12.6 Å². The zero-order chi connectivity index (χ0) is 14.4. The summed E-state index contributed by atoms with van der Waals surface area (Å²) in [6, 6.07) is 8.83. The normalized spacial score (nSPS) is 15.9. The van der Waals surface area contributed by atoms with Gasteiger partial charge in [0.1, 0.15) is 6.04 Å². The maximum Gasteiger partial charge on any atom is 0.323 e. The first-order valence-electron chi connectivity index (χ1n) is 7.31. The van der Waals surface area contributed by atoms with Gasteiger partial charge in [0.2, 0.25) is 0 Å². The fraction of sp³-hybridized carbons (Fsp3) is 0.562. The number of ether oxygens (including phenoxy) is 1. The molecule has 0 saturated heterocycles. The van der Waals surface area contributed by atoms with Crippen molar-refractivity contribution in [1.29, 1.82) is 0 Å². The Kier molecular flexibility index (Phi) is 5.92. The molecule has 0 aliphatic heterocycles. The second-order valence-electron chi connectivity index (χ2n) is 5.20. The number of carbonyl (C=O) groups excluding carboxylic acids is 1. The maximum absolute atomic E-state index is 11.9. The first kappa shape index (κ1) is 15.4. The van der Waals surface area contributed by atoms with Gasteiger partial charge in [-0.1, -0.05) is 17.7 Å². The molecule has 1 aromatic carbocycles. The summed E-state index contributed by atoms with van der Waals surface area (Å²) in [5.41, 5.74) is 1.27. The predicted octanol–water partition coefficient (Wildman–Crippen LogP) is 3.16. The highest BCUT2D eigenvalue weighted by Crippen LogP contribution is 2.23. The Hall–Kier alpha value is -1.00. The quantitative estimate of drug-likeness (QED) is 0.590. The van der Waals surface area contributed by atoms with Crippen LogP contribution in [-0.2, 0) is 9.53 Å². The van der Waals surface area contributed by atoms with Crippen molar-refractivity contribution in [2.45, 2.75) is 50.1 Å². The summed E-state index contributed by atoms with van der Waals surface area (Å²) in [5.74, 6) is 0.816. The Balaban J connectivity index is 1.79. The molecule has 0 heterocycles. The Morgan fingerprint density at radius 2 is 2.30 bits per heavy atom. The number of aryl methyl sites for hydroxylation is 1. The fourth-order valence-electron chi connectivity index (χ4n) is 2.05. The molecule has 1 atom stereocenters. The van der Waals surface area contributed by atoms with Crippen molar-refractivity contribution in [2.75, 3.05) is 12.4 Å². The van der Waals surface area contributed by atoms with Gasteiger partial charge in [0, 0.05) is 16.7 Å². The van der Waals surface area contributed by atoms with Gasteiger partial charge in [-0.2, -0.15) is 0 Å². The minimum absolute atomic E-state index is 0.107. The van der Waals surface area contributed by atoms with Crippen molar-refractivity contribution >= 4 is 17.7 Å². The third-order valence-corrected chi connectivity index (χ3v) is 4.28. The van der Waals surface area contributed by atoms with E-state index in [4.69, 9.17) is 4.74 Å². The van der Waals surface area contributed by atoms with E-state index in [0.717, 1.165) is 12.2 Å². The first-order valence-corrected chi connectivity index (χ1v) is 8.29. The van der Waals surface area contributed by atoms with E-state index in [1.807, 2.05) is 6.92 Å². The van der Waals surface area contributed by atoms with Crippen LogP contribution in [0.3, 0.4) is 0 Å². The molecule has 0 aromatic heterocycles. The van der Waals surface area contributed by atoms with Gasteiger partial charge in [-0.3, -0.25) is 4.79 Å². The lowest BCUT2D eigenvalue weighted by Gasteiger charge is -2.16. The standard InChI is InChI=1S/C16H23NO2S/c1-3-19-16(18)15(17-13-7-8-13)9-10-20-14-6-4-5-12(2)11-14/h4-6,11,13,15,17H,3,7-10H2,1-2H3. The van der Waals surface area contributed by atoms with E-state index in [9.17, 15) is 4.79 Å². The SMILES string of the molecule is CCOC(=O)C(CCSc1cccc(C)c1)NC1CC1. The van der Waals surface area contributed by atoms with E-state index in [-0.39, 0.29) is 12.0 Å². The van der Waals surface area contributed by atoms with Crippen molar-refractivity contribution in [3.05, 3.63) is 29.8 Å². The summed E-state index contributed by atoms with van der Waals surface area (Å²) in [5, 5.41) is 3.39. The number of hydrogen-bond donors (Lipinski definition) is 1. The molecule has 110 valence electrons. The van der Waals surface area contributed by atoms with Crippen LogP contribution in [0.15, 0.2) is 29.2 Å². The van der Waals surface area contributed by atoms with Gasteiger partial charge in [-0.05, 0) is 45.2 Å². The molecule has 0 spiro atoms. The van der Waals surface area contributed by atoms with Crippen LogP contribution in [0.2, 0.25) is 0 Å². The molecule has 1 N–H and O–H groups in total. The molecule has 1 saturated carbocycles. The van der Waals surface area contributed by atoms with E-state index in [1.54, 1.807) is 11.8 Å². The van der Waals surface area contributed by atoms with Gasteiger partial charge < -0.3 is 10.1 Å². The molecule has 1 fully saturated rings. The Labute approximate surface area is 125 Å². The number of hydrogen-bond acceptors (Lipinski definition) is 4. The van der Waals surface area contributed by atoms with Crippen molar-refractivity contribution in [1.82, 2.24) is 5.32 Å². The van der Waals surface area contributed by atoms with Crippen molar-refractivity contribution < 1.29 is 9.53 Å². The fourth-order valence-corrected chi connectivity index (χ4v) is 3.08. The average molecular weight is 293 g/mol. The topological polar surface area (TPSA) is 38.3 Å². The molecule has 1 aliphatic carbocycles. The highest BCUT2D eigenvalue weighted by molar-refractivity contribution is 7.99. The number of esters is 1. The Morgan fingerprint density at radius 3 is 2.95 bits per heavy atom. The number of nitrogens with one attached hydrogen (secondary N) is 1. The van der Waals surface area contributed by atoms with Crippen LogP contribution in [0.4, 0.5) is 0 Å². The maximum atomic E-state index is 11.9. The van der Waals surface area contributed by atoms with Crippen LogP contribution in [-0.4, -0.2) is 30.4 Å². The van der Waals surface area contributed by atoms with Crippen LogP contribution in [0.25, 0.3) is 0 Å². The summed E-state index contributed by atoms with van der Waals surface area (Å²) in [4.78, 5) is 13.2. The summed E-state index contributed by atoms with van der Waals surface area (Å²) >= 11 is 1.80. The lowest BCUT2D eigenvalue weighted by molar-refractivity contribution is -0.145. The third-order valence-electron chi connectivity index (χ3n) is 3.25. The largest absolute Gasteiger partial charge is 0.465 e. The molecule has 0 amide bonds. The van der Waals surface area contributed by atoms with Gasteiger partial charge in [-0.15, -0.1) is 11.8 Å².